The van der Waals surface area contributed by atoms with Gasteiger partial charge in [0, 0.05) is 21.9 Å². The lowest BCUT2D eigenvalue weighted by Gasteiger charge is -2.10. The molecule has 5 nitrogen and oxygen atoms in total. The van der Waals surface area contributed by atoms with E-state index in [1.54, 1.807) is 0 Å². The van der Waals surface area contributed by atoms with E-state index in [0.717, 1.165) is 44.7 Å². The molecule has 5 rings (SSSR count). The van der Waals surface area contributed by atoms with Gasteiger partial charge in [-0.05, 0) is 62.7 Å². The predicted octanol–water partition coefficient (Wildman–Crippen LogP) is 7.29. The molecule has 1 N–H and O–H groups in total. The topological polar surface area (TPSA) is 64.1 Å². The van der Waals surface area contributed by atoms with Crippen LogP contribution in [-0.4, -0.2) is 22.5 Å². The minimum atomic E-state index is -0.211. The Morgan fingerprint density at radius 2 is 1.74 bits per heavy atom. The van der Waals surface area contributed by atoms with Gasteiger partial charge in [0.2, 0.25) is 0 Å². The summed E-state index contributed by atoms with van der Waals surface area (Å²) in [5, 5.41) is 6.33. The van der Waals surface area contributed by atoms with E-state index < -0.39 is 0 Å². The van der Waals surface area contributed by atoms with Gasteiger partial charge < -0.3 is 4.74 Å². The normalized spacial score (nSPS) is 10.9. The van der Waals surface area contributed by atoms with Crippen LogP contribution in [0, 0.1) is 13.8 Å². The molecule has 0 saturated carbocycles. The number of thiazole rings is 1. The number of rotatable bonds is 6. The summed E-state index contributed by atoms with van der Waals surface area (Å²) >= 11 is 1.42. The first kappa shape index (κ1) is 22.7. The van der Waals surface area contributed by atoms with Crippen LogP contribution in [0.1, 0.15) is 28.4 Å². The lowest BCUT2D eigenvalue weighted by atomic mass is 10.0. The van der Waals surface area contributed by atoms with Gasteiger partial charge >= 0.3 is 0 Å². The number of ether oxygens (including phenoxy) is 1. The summed E-state index contributed by atoms with van der Waals surface area (Å²) in [7, 11) is 0. The zero-order valence-electron chi connectivity index (χ0n) is 19.8. The van der Waals surface area contributed by atoms with Crippen molar-refractivity contribution >= 4 is 33.3 Å². The van der Waals surface area contributed by atoms with Crippen LogP contribution >= 0.6 is 11.3 Å². The maximum absolute atomic E-state index is 13.4. The molecule has 0 aliphatic rings. The molecule has 0 spiro atoms. The third-order valence-electron chi connectivity index (χ3n) is 5.80. The average Bonchev–Trinajstić information content (AvgIpc) is 3.32. The van der Waals surface area contributed by atoms with Gasteiger partial charge in [-0.1, -0.05) is 42.0 Å². The molecule has 0 bridgehead atoms. The Hall–Kier alpha value is -4.03. The number of carbonyl (C=O) groups is 1. The standard InChI is InChI=1S/C29H25N3O2S/c1-4-34-21-12-10-20(11-13-21)26-16-24(23-7-5-6-8-25(23)30-26)28(33)32-29-31-27(17-35-29)22-14-9-18(2)15-19(22)3/h5-17H,4H2,1-3H3,(H,31,32,33). The number of aryl methyl sites for hydroxylation is 2. The summed E-state index contributed by atoms with van der Waals surface area (Å²) in [6, 6.07) is 23.6. The number of carbonyl (C=O) groups excluding carboxylic acids is 1. The Labute approximate surface area is 208 Å². The molecule has 5 aromatic rings. The quantitative estimate of drug-likeness (QED) is 0.278. The van der Waals surface area contributed by atoms with Crippen LogP contribution in [0.4, 0.5) is 5.13 Å². The zero-order valence-corrected chi connectivity index (χ0v) is 20.6. The highest BCUT2D eigenvalue weighted by atomic mass is 32.1. The number of hydrogen-bond acceptors (Lipinski definition) is 5. The Kier molecular flexibility index (Phi) is 6.29. The van der Waals surface area contributed by atoms with Crippen LogP contribution < -0.4 is 10.1 Å². The SMILES string of the molecule is CCOc1ccc(-c2cc(C(=O)Nc3nc(-c4ccc(C)cc4C)cs3)c3ccccc3n2)cc1. The Balaban J connectivity index is 1.47. The number of amides is 1. The molecule has 35 heavy (non-hydrogen) atoms. The second-order valence-electron chi connectivity index (χ2n) is 8.34. The third kappa shape index (κ3) is 4.79. The third-order valence-corrected chi connectivity index (χ3v) is 6.56. The average molecular weight is 480 g/mol. The molecule has 2 aromatic heterocycles. The fourth-order valence-electron chi connectivity index (χ4n) is 4.12. The molecule has 3 aromatic carbocycles. The second-order valence-corrected chi connectivity index (χ2v) is 9.20. The van der Waals surface area contributed by atoms with Gasteiger partial charge in [-0.3, -0.25) is 10.1 Å². The molecule has 0 aliphatic carbocycles. The van der Waals surface area contributed by atoms with E-state index in [-0.39, 0.29) is 5.91 Å². The first-order chi connectivity index (χ1) is 17.0. The smallest absolute Gasteiger partial charge is 0.258 e. The van der Waals surface area contributed by atoms with Gasteiger partial charge in [-0.2, -0.15) is 0 Å². The fraction of sp³-hybridized carbons (Fsp3) is 0.138. The lowest BCUT2D eigenvalue weighted by molar-refractivity contribution is 0.102. The van der Waals surface area contributed by atoms with E-state index in [9.17, 15) is 4.79 Å². The highest BCUT2D eigenvalue weighted by Crippen LogP contribution is 2.30. The summed E-state index contributed by atoms with van der Waals surface area (Å²) in [6.45, 7) is 6.71. The number of aromatic nitrogens is 2. The Morgan fingerprint density at radius 1 is 0.943 bits per heavy atom. The molecule has 2 heterocycles. The number of benzene rings is 3. The van der Waals surface area contributed by atoms with Crippen LogP contribution in [-0.2, 0) is 0 Å². The molecule has 0 saturated heterocycles. The van der Waals surface area contributed by atoms with Crippen molar-refractivity contribution in [2.24, 2.45) is 0 Å². The van der Waals surface area contributed by atoms with Crippen molar-refractivity contribution in [3.63, 3.8) is 0 Å². The van der Waals surface area contributed by atoms with Gasteiger partial charge in [0.05, 0.1) is 29.1 Å². The summed E-state index contributed by atoms with van der Waals surface area (Å²) in [4.78, 5) is 22.9. The van der Waals surface area contributed by atoms with E-state index in [2.05, 4.69) is 42.3 Å². The minimum Gasteiger partial charge on any atom is -0.494 e. The van der Waals surface area contributed by atoms with E-state index in [1.807, 2.05) is 66.9 Å². The molecular weight excluding hydrogens is 454 g/mol. The van der Waals surface area contributed by atoms with Crippen molar-refractivity contribution in [2.45, 2.75) is 20.8 Å². The van der Waals surface area contributed by atoms with Gasteiger partial charge in [-0.25, -0.2) is 9.97 Å². The monoisotopic (exact) mass is 479 g/mol. The summed E-state index contributed by atoms with van der Waals surface area (Å²) in [6.07, 6.45) is 0. The van der Waals surface area contributed by atoms with Crippen LogP contribution in [0.15, 0.2) is 78.2 Å². The fourth-order valence-corrected chi connectivity index (χ4v) is 4.83. The Bertz CT molecular complexity index is 1520. The number of hydrogen-bond donors (Lipinski definition) is 1. The number of fused-ring (bicyclic) bond motifs is 1. The van der Waals surface area contributed by atoms with E-state index >= 15 is 0 Å². The first-order valence-electron chi connectivity index (χ1n) is 11.5. The molecule has 174 valence electrons. The number of nitrogens with zero attached hydrogens (tertiary/aromatic N) is 2. The maximum Gasteiger partial charge on any atom is 0.258 e. The molecule has 0 aliphatic heterocycles. The number of nitrogens with one attached hydrogen (secondary N) is 1. The maximum atomic E-state index is 13.4. The summed E-state index contributed by atoms with van der Waals surface area (Å²) in [5.41, 5.74) is 7.27. The molecule has 0 unspecified atom stereocenters. The largest absolute Gasteiger partial charge is 0.494 e. The van der Waals surface area contributed by atoms with Crippen molar-refractivity contribution in [2.75, 3.05) is 11.9 Å². The highest BCUT2D eigenvalue weighted by Gasteiger charge is 2.16. The molecule has 1 amide bonds. The van der Waals surface area contributed by atoms with Crippen LogP contribution in [0.5, 0.6) is 5.75 Å². The summed E-state index contributed by atoms with van der Waals surface area (Å²) in [5.74, 6) is 0.593. The van der Waals surface area contributed by atoms with Crippen LogP contribution in [0.2, 0.25) is 0 Å². The van der Waals surface area contributed by atoms with Gasteiger partial charge in [0.25, 0.3) is 5.91 Å². The van der Waals surface area contributed by atoms with Crippen molar-refractivity contribution < 1.29 is 9.53 Å². The molecule has 0 atom stereocenters. The molecule has 6 heteroatoms. The van der Waals surface area contributed by atoms with E-state index in [4.69, 9.17) is 9.72 Å². The molecule has 0 radical (unpaired) electrons. The Morgan fingerprint density at radius 3 is 2.51 bits per heavy atom. The van der Waals surface area contributed by atoms with Gasteiger partial charge in [-0.15, -0.1) is 11.3 Å². The van der Waals surface area contributed by atoms with Crippen LogP contribution in [0.3, 0.4) is 0 Å². The van der Waals surface area contributed by atoms with Gasteiger partial charge in [0.15, 0.2) is 5.13 Å². The predicted molar refractivity (Wildman–Crippen MR) is 143 cm³/mol. The van der Waals surface area contributed by atoms with E-state index in [0.29, 0.717) is 17.3 Å². The number of para-hydroxylation sites is 1. The highest BCUT2D eigenvalue weighted by molar-refractivity contribution is 7.14. The number of pyridine rings is 1. The molecular formula is C29H25N3O2S. The second kappa shape index (κ2) is 9.68. The van der Waals surface area contributed by atoms with E-state index in [1.165, 1.54) is 16.9 Å². The lowest BCUT2D eigenvalue weighted by Crippen LogP contribution is -2.13. The van der Waals surface area contributed by atoms with Crippen molar-refractivity contribution in [1.82, 2.24) is 9.97 Å². The van der Waals surface area contributed by atoms with Crippen LogP contribution in [0.25, 0.3) is 33.4 Å². The summed E-state index contributed by atoms with van der Waals surface area (Å²) < 4.78 is 5.55. The number of anilines is 1. The van der Waals surface area contributed by atoms with Gasteiger partial charge in [0.1, 0.15) is 5.75 Å². The minimum absolute atomic E-state index is 0.211. The zero-order chi connectivity index (χ0) is 24.4. The van der Waals surface area contributed by atoms with Crippen molar-refractivity contribution in [1.29, 1.82) is 0 Å². The molecule has 0 fully saturated rings. The van der Waals surface area contributed by atoms with Crippen molar-refractivity contribution in [3.05, 3.63) is 94.9 Å². The van der Waals surface area contributed by atoms with Crippen molar-refractivity contribution in [3.8, 4) is 28.3 Å². The first-order valence-corrected chi connectivity index (χ1v) is 12.4.